The molecule has 6 nitrogen and oxygen atoms in total. The number of ether oxygens (including phenoxy) is 1. The molecule has 0 aliphatic carbocycles. The largest absolute Gasteiger partial charge is 0.445 e. The SMILES string of the molecule is NNC(=O)c1ccc(C#CCCNC(=O)OCc2ccccc2)cc1. The molecule has 0 spiro atoms. The molecule has 0 saturated heterocycles. The average molecular weight is 337 g/mol. The first-order valence-corrected chi connectivity index (χ1v) is 7.73. The van der Waals surface area contributed by atoms with Gasteiger partial charge < -0.3 is 10.1 Å². The highest BCUT2D eigenvalue weighted by Crippen LogP contribution is 2.03. The van der Waals surface area contributed by atoms with Crippen molar-refractivity contribution in [2.75, 3.05) is 6.54 Å². The summed E-state index contributed by atoms with van der Waals surface area (Å²) in [4.78, 5) is 22.9. The average Bonchev–Trinajstić information content (AvgIpc) is 2.67. The lowest BCUT2D eigenvalue weighted by Gasteiger charge is -2.05. The van der Waals surface area contributed by atoms with Gasteiger partial charge in [0.1, 0.15) is 6.61 Å². The van der Waals surface area contributed by atoms with Crippen molar-refractivity contribution < 1.29 is 14.3 Å². The van der Waals surface area contributed by atoms with Crippen LogP contribution in [0.25, 0.3) is 0 Å². The Morgan fingerprint density at radius 2 is 1.76 bits per heavy atom. The molecule has 0 saturated carbocycles. The van der Waals surface area contributed by atoms with Gasteiger partial charge in [-0.1, -0.05) is 42.2 Å². The lowest BCUT2D eigenvalue weighted by atomic mass is 10.1. The van der Waals surface area contributed by atoms with Crippen molar-refractivity contribution in [3.05, 3.63) is 71.3 Å². The fourth-order valence-electron chi connectivity index (χ4n) is 1.95. The minimum absolute atomic E-state index is 0.237. The summed E-state index contributed by atoms with van der Waals surface area (Å²) in [5, 5.41) is 2.64. The standard InChI is InChI=1S/C19H19N3O3/c20-22-18(23)17-11-9-15(10-12-17)6-4-5-13-21-19(24)25-14-16-7-2-1-3-8-16/h1-3,7-12H,5,13-14,20H2,(H,21,24)(H,22,23). The van der Waals surface area contributed by atoms with E-state index in [4.69, 9.17) is 10.6 Å². The molecule has 6 heteroatoms. The number of nitrogens with one attached hydrogen (secondary N) is 2. The lowest BCUT2D eigenvalue weighted by Crippen LogP contribution is -2.29. The van der Waals surface area contributed by atoms with Gasteiger partial charge in [-0.15, -0.1) is 0 Å². The Labute approximate surface area is 146 Å². The zero-order chi connectivity index (χ0) is 17.9. The molecule has 0 aliphatic rings. The number of alkyl carbamates (subject to hydrolysis) is 1. The van der Waals surface area contributed by atoms with Crippen LogP contribution in [0.4, 0.5) is 4.79 Å². The van der Waals surface area contributed by atoms with Crippen molar-refractivity contribution in [1.82, 2.24) is 10.7 Å². The van der Waals surface area contributed by atoms with E-state index < -0.39 is 6.09 Å². The number of rotatable bonds is 5. The molecule has 0 fully saturated rings. The first-order valence-electron chi connectivity index (χ1n) is 7.73. The fourth-order valence-corrected chi connectivity index (χ4v) is 1.95. The van der Waals surface area contributed by atoms with Crippen molar-refractivity contribution in [2.24, 2.45) is 5.84 Å². The Morgan fingerprint density at radius 1 is 1.04 bits per heavy atom. The monoisotopic (exact) mass is 337 g/mol. The van der Waals surface area contributed by atoms with E-state index >= 15 is 0 Å². The van der Waals surface area contributed by atoms with E-state index in [-0.39, 0.29) is 12.5 Å². The molecule has 4 N–H and O–H groups in total. The fraction of sp³-hybridized carbons (Fsp3) is 0.158. The van der Waals surface area contributed by atoms with Crippen molar-refractivity contribution in [1.29, 1.82) is 0 Å². The molecule has 2 aromatic rings. The van der Waals surface area contributed by atoms with E-state index in [1.807, 2.05) is 30.3 Å². The summed E-state index contributed by atoms with van der Waals surface area (Å²) >= 11 is 0. The van der Waals surface area contributed by atoms with Gasteiger partial charge >= 0.3 is 6.09 Å². The first kappa shape index (κ1) is 18.0. The summed E-state index contributed by atoms with van der Waals surface area (Å²) in [6, 6.07) is 16.2. The highest BCUT2D eigenvalue weighted by Gasteiger charge is 2.02. The molecule has 0 heterocycles. The van der Waals surface area contributed by atoms with E-state index in [0.717, 1.165) is 11.1 Å². The second kappa shape index (κ2) is 9.75. The van der Waals surface area contributed by atoms with E-state index in [1.54, 1.807) is 24.3 Å². The molecule has 0 unspecified atom stereocenters. The lowest BCUT2D eigenvalue weighted by molar-refractivity contribution is 0.0953. The van der Waals surface area contributed by atoms with Crippen LogP contribution >= 0.6 is 0 Å². The van der Waals surface area contributed by atoms with Crippen LogP contribution in [-0.2, 0) is 11.3 Å². The van der Waals surface area contributed by atoms with E-state index in [0.29, 0.717) is 18.5 Å². The van der Waals surface area contributed by atoms with Crippen LogP contribution in [0.5, 0.6) is 0 Å². The quantitative estimate of drug-likeness (QED) is 0.256. The molecular weight excluding hydrogens is 318 g/mol. The number of hydrogen-bond donors (Lipinski definition) is 3. The van der Waals surface area contributed by atoms with Crippen LogP contribution in [-0.4, -0.2) is 18.5 Å². The van der Waals surface area contributed by atoms with E-state index in [1.165, 1.54) is 0 Å². The van der Waals surface area contributed by atoms with Gasteiger partial charge in [0.2, 0.25) is 0 Å². The molecule has 0 radical (unpaired) electrons. The van der Waals surface area contributed by atoms with Crippen LogP contribution in [0.2, 0.25) is 0 Å². The maximum absolute atomic E-state index is 11.5. The van der Waals surface area contributed by atoms with Crippen LogP contribution in [0.15, 0.2) is 54.6 Å². The normalized spacial score (nSPS) is 9.48. The smallest absolute Gasteiger partial charge is 0.407 e. The maximum Gasteiger partial charge on any atom is 0.407 e. The molecular formula is C19H19N3O3. The van der Waals surface area contributed by atoms with E-state index in [9.17, 15) is 9.59 Å². The van der Waals surface area contributed by atoms with Gasteiger partial charge in [-0.3, -0.25) is 10.2 Å². The maximum atomic E-state index is 11.5. The number of carbonyl (C=O) groups is 2. The van der Waals surface area contributed by atoms with Crippen molar-refractivity contribution in [2.45, 2.75) is 13.0 Å². The Bertz CT molecular complexity index is 762. The zero-order valence-corrected chi connectivity index (χ0v) is 13.6. The molecule has 2 amide bonds. The third-order valence-electron chi connectivity index (χ3n) is 3.24. The number of amides is 2. The number of nitrogen functional groups attached to an aromatic ring is 1. The van der Waals surface area contributed by atoms with Crippen molar-refractivity contribution in [3.8, 4) is 11.8 Å². The summed E-state index contributed by atoms with van der Waals surface area (Å²) in [6.45, 7) is 0.634. The summed E-state index contributed by atoms with van der Waals surface area (Å²) in [5.41, 5.74) is 4.25. The summed E-state index contributed by atoms with van der Waals surface area (Å²) in [6.07, 6.45) is 0.0219. The summed E-state index contributed by atoms with van der Waals surface area (Å²) in [7, 11) is 0. The van der Waals surface area contributed by atoms with Gasteiger partial charge in [0.05, 0.1) is 0 Å². The third kappa shape index (κ3) is 6.37. The van der Waals surface area contributed by atoms with Crippen LogP contribution in [0.1, 0.15) is 27.9 Å². The third-order valence-corrected chi connectivity index (χ3v) is 3.24. The zero-order valence-electron chi connectivity index (χ0n) is 13.6. The highest BCUT2D eigenvalue weighted by atomic mass is 16.5. The number of hydrogen-bond acceptors (Lipinski definition) is 4. The highest BCUT2D eigenvalue weighted by molar-refractivity contribution is 5.93. The second-order valence-corrected chi connectivity index (χ2v) is 5.09. The molecule has 128 valence electrons. The number of nitrogens with two attached hydrogens (primary N) is 1. The van der Waals surface area contributed by atoms with Crippen LogP contribution in [0, 0.1) is 11.8 Å². The predicted octanol–water partition coefficient (Wildman–Crippen LogP) is 1.96. The Kier molecular flexibility index (Phi) is 7.04. The Morgan fingerprint density at radius 3 is 2.44 bits per heavy atom. The molecule has 0 atom stereocenters. The summed E-state index contributed by atoms with van der Waals surface area (Å²) in [5.74, 6) is 10.6. The van der Waals surface area contributed by atoms with Crippen molar-refractivity contribution >= 4 is 12.0 Å². The van der Waals surface area contributed by atoms with Gasteiger partial charge in [-0.25, -0.2) is 10.6 Å². The van der Waals surface area contributed by atoms with Gasteiger partial charge in [0.15, 0.2) is 0 Å². The minimum atomic E-state index is -0.470. The van der Waals surface area contributed by atoms with Gasteiger partial charge in [-0.05, 0) is 29.8 Å². The molecule has 2 rings (SSSR count). The molecule has 2 aromatic carbocycles. The van der Waals surface area contributed by atoms with E-state index in [2.05, 4.69) is 22.6 Å². The molecule has 0 bridgehead atoms. The second-order valence-electron chi connectivity index (χ2n) is 5.09. The number of benzene rings is 2. The van der Waals surface area contributed by atoms with Crippen LogP contribution in [0.3, 0.4) is 0 Å². The molecule has 0 aromatic heterocycles. The Hall–Kier alpha value is -3.30. The summed E-state index contributed by atoms with van der Waals surface area (Å²) < 4.78 is 5.09. The van der Waals surface area contributed by atoms with Gasteiger partial charge in [0, 0.05) is 24.1 Å². The topological polar surface area (TPSA) is 93.5 Å². The first-order chi connectivity index (χ1) is 12.2. The Balaban J connectivity index is 1.68. The van der Waals surface area contributed by atoms with Gasteiger partial charge in [0.25, 0.3) is 5.91 Å². The molecule has 0 aliphatic heterocycles. The van der Waals surface area contributed by atoms with Gasteiger partial charge in [-0.2, -0.15) is 0 Å². The minimum Gasteiger partial charge on any atom is -0.445 e. The molecule has 25 heavy (non-hydrogen) atoms. The predicted molar refractivity (Wildman–Crippen MR) is 94.2 cm³/mol. The van der Waals surface area contributed by atoms with Crippen LogP contribution < -0.4 is 16.6 Å². The number of hydrazine groups is 1. The number of carbonyl (C=O) groups excluding carboxylic acids is 2. The van der Waals surface area contributed by atoms with Crippen molar-refractivity contribution in [3.63, 3.8) is 0 Å².